The third-order valence-electron chi connectivity index (χ3n) is 4.87. The Labute approximate surface area is 188 Å². The third-order valence-corrected chi connectivity index (χ3v) is 5.99. The zero-order chi connectivity index (χ0) is 22.5. The summed E-state index contributed by atoms with van der Waals surface area (Å²) in [6.45, 7) is 0.0670. The maximum Gasteiger partial charge on any atom is 0.322 e. The van der Waals surface area contributed by atoms with E-state index in [1.165, 1.54) is 11.3 Å². The van der Waals surface area contributed by atoms with Gasteiger partial charge in [-0.05, 0) is 47.3 Å². The number of carboxylic acid groups (broad SMARTS) is 1. The molecule has 0 radical (unpaired) electrons. The average Bonchev–Trinajstić information content (AvgIpc) is 3.44. The highest BCUT2D eigenvalue weighted by atomic mass is 32.1. The lowest BCUT2D eigenvalue weighted by Crippen LogP contribution is -2.29. The number of carboxylic acids is 1. The fraction of sp³-hybridized carbons (Fsp3) is 0.0800. The van der Waals surface area contributed by atoms with Crippen LogP contribution in [0.3, 0.4) is 0 Å². The number of fused-ring (bicyclic) bond motifs is 1. The molecule has 6 nitrogen and oxygen atoms in total. The summed E-state index contributed by atoms with van der Waals surface area (Å²) in [6, 6.07) is 20.4. The second-order valence-electron chi connectivity index (χ2n) is 7.13. The first-order valence-corrected chi connectivity index (χ1v) is 10.8. The van der Waals surface area contributed by atoms with Crippen molar-refractivity contribution in [2.45, 2.75) is 6.54 Å². The summed E-state index contributed by atoms with van der Waals surface area (Å²) < 4.78 is 2.97. The number of carbonyl (C=O) groups is 3. The Morgan fingerprint density at radius 3 is 2.66 bits per heavy atom. The van der Waals surface area contributed by atoms with E-state index in [0.717, 1.165) is 15.6 Å². The quantitative estimate of drug-likeness (QED) is 0.393. The van der Waals surface area contributed by atoms with Crippen LogP contribution in [0.2, 0.25) is 0 Å². The number of nitrogens with zero attached hydrogens (tertiary/aromatic N) is 1. The molecule has 32 heavy (non-hydrogen) atoms. The third kappa shape index (κ3) is 4.84. The Kier molecular flexibility index (Phi) is 6.28. The average molecular weight is 445 g/mol. The molecule has 0 fully saturated rings. The zero-order valence-corrected chi connectivity index (χ0v) is 17.8. The topological polar surface area (TPSA) is 88.4 Å². The van der Waals surface area contributed by atoms with Gasteiger partial charge in [-0.3, -0.25) is 14.4 Å². The number of carbonyl (C=O) groups excluding carboxylic acids is 2. The number of amides is 1. The first-order chi connectivity index (χ1) is 15.5. The minimum Gasteiger partial charge on any atom is -0.480 e. The Morgan fingerprint density at radius 1 is 1.00 bits per heavy atom. The molecule has 0 unspecified atom stereocenters. The minimum absolute atomic E-state index is 0.0123. The van der Waals surface area contributed by atoms with Crippen molar-refractivity contribution in [1.82, 2.24) is 9.88 Å². The van der Waals surface area contributed by atoms with Crippen molar-refractivity contribution in [3.8, 4) is 0 Å². The lowest BCUT2D eigenvalue weighted by atomic mass is 10.1. The van der Waals surface area contributed by atoms with E-state index < -0.39 is 18.4 Å². The van der Waals surface area contributed by atoms with Crippen LogP contribution in [-0.4, -0.2) is 33.9 Å². The van der Waals surface area contributed by atoms with Gasteiger partial charge < -0.3 is 15.0 Å². The number of benzene rings is 2. The first-order valence-electron chi connectivity index (χ1n) is 9.96. The highest BCUT2D eigenvalue weighted by molar-refractivity contribution is 7.21. The van der Waals surface area contributed by atoms with Crippen LogP contribution in [0.1, 0.15) is 31.3 Å². The maximum absolute atomic E-state index is 13.0. The van der Waals surface area contributed by atoms with Crippen molar-refractivity contribution >= 4 is 45.2 Å². The van der Waals surface area contributed by atoms with Gasteiger partial charge in [0.2, 0.25) is 5.78 Å². The van der Waals surface area contributed by atoms with E-state index in [1.807, 2.05) is 71.4 Å². The number of allylic oxidation sites excluding steroid dienone is 1. The van der Waals surface area contributed by atoms with Crippen molar-refractivity contribution in [3.05, 3.63) is 101 Å². The maximum atomic E-state index is 13.0. The van der Waals surface area contributed by atoms with Gasteiger partial charge in [0.1, 0.15) is 6.54 Å². The van der Waals surface area contributed by atoms with Crippen LogP contribution in [0.15, 0.2) is 79.0 Å². The zero-order valence-electron chi connectivity index (χ0n) is 17.0. The number of ketones is 1. The molecule has 0 aliphatic carbocycles. The summed E-state index contributed by atoms with van der Waals surface area (Å²) >= 11 is 1.49. The monoisotopic (exact) mass is 444 g/mol. The van der Waals surface area contributed by atoms with Gasteiger partial charge in [-0.2, -0.15) is 0 Å². The molecule has 0 bridgehead atoms. The minimum atomic E-state index is -1.10. The fourth-order valence-corrected chi connectivity index (χ4v) is 4.35. The Balaban J connectivity index is 1.46. The van der Waals surface area contributed by atoms with Gasteiger partial charge in [-0.1, -0.05) is 42.5 Å². The van der Waals surface area contributed by atoms with Gasteiger partial charge in [0.25, 0.3) is 5.91 Å². The molecule has 0 saturated heterocycles. The van der Waals surface area contributed by atoms with Crippen LogP contribution in [0.25, 0.3) is 16.2 Å². The molecule has 0 spiro atoms. The smallest absolute Gasteiger partial charge is 0.322 e. The van der Waals surface area contributed by atoms with Crippen molar-refractivity contribution in [3.63, 3.8) is 0 Å². The molecule has 4 aromatic rings. The Hall–Kier alpha value is -3.97. The fourth-order valence-electron chi connectivity index (χ4n) is 3.34. The van der Waals surface area contributed by atoms with Crippen LogP contribution in [0.5, 0.6) is 0 Å². The SMILES string of the molecule is O=C(O)CNC(=O)c1cccc(/C=C/Cn2cccc2C(=O)c2cc3ccccc3s2)c1. The number of rotatable bonds is 8. The van der Waals surface area contributed by atoms with Crippen LogP contribution < -0.4 is 5.32 Å². The highest BCUT2D eigenvalue weighted by Crippen LogP contribution is 2.27. The molecule has 0 aliphatic heterocycles. The summed E-state index contributed by atoms with van der Waals surface area (Å²) in [5, 5.41) is 12.1. The molecule has 2 aromatic carbocycles. The largest absolute Gasteiger partial charge is 0.480 e. The summed E-state index contributed by atoms with van der Waals surface area (Å²) in [5.41, 5.74) is 1.80. The van der Waals surface area contributed by atoms with Crippen LogP contribution in [0, 0.1) is 0 Å². The number of hydrogen-bond donors (Lipinski definition) is 2. The Morgan fingerprint density at radius 2 is 1.84 bits per heavy atom. The van der Waals surface area contributed by atoms with E-state index >= 15 is 0 Å². The number of hydrogen-bond acceptors (Lipinski definition) is 4. The van der Waals surface area contributed by atoms with Crippen molar-refractivity contribution in [2.75, 3.05) is 6.54 Å². The molecular formula is C25H20N2O4S. The number of nitrogens with one attached hydrogen (secondary N) is 1. The van der Waals surface area contributed by atoms with Gasteiger partial charge in [-0.15, -0.1) is 11.3 Å². The number of aromatic nitrogens is 1. The standard InChI is InChI=1S/C25H20N2O4S/c28-23(29)16-26-25(31)19-9-3-6-17(14-19)7-4-12-27-13-5-10-20(27)24(30)22-15-18-8-1-2-11-21(18)32-22/h1-11,13-15H,12,16H2,(H,26,31)(H,28,29)/b7-4+. The molecular weight excluding hydrogens is 424 g/mol. The molecule has 7 heteroatoms. The molecule has 1 amide bonds. The molecule has 4 rings (SSSR count). The van der Waals surface area contributed by atoms with Gasteiger partial charge in [0.05, 0.1) is 10.6 Å². The lowest BCUT2D eigenvalue weighted by Gasteiger charge is -2.05. The van der Waals surface area contributed by atoms with Crippen molar-refractivity contribution in [2.24, 2.45) is 0 Å². The lowest BCUT2D eigenvalue weighted by molar-refractivity contribution is -0.135. The van der Waals surface area contributed by atoms with Crippen LogP contribution >= 0.6 is 11.3 Å². The summed E-state index contributed by atoms with van der Waals surface area (Å²) in [5.74, 6) is -1.55. The van der Waals surface area contributed by atoms with E-state index in [-0.39, 0.29) is 5.78 Å². The normalized spacial score (nSPS) is 11.1. The van der Waals surface area contributed by atoms with Gasteiger partial charge in [0, 0.05) is 23.0 Å². The summed E-state index contributed by atoms with van der Waals surface area (Å²) in [4.78, 5) is 36.4. The van der Waals surface area contributed by atoms with Crippen molar-refractivity contribution < 1.29 is 19.5 Å². The second kappa shape index (κ2) is 9.45. The predicted octanol–water partition coefficient (Wildman–Crippen LogP) is 4.46. The van der Waals surface area contributed by atoms with Gasteiger partial charge >= 0.3 is 5.97 Å². The molecule has 2 N–H and O–H groups in total. The molecule has 2 heterocycles. The summed E-state index contributed by atoms with van der Waals surface area (Å²) in [6.07, 6.45) is 5.64. The van der Waals surface area contributed by atoms with E-state index in [2.05, 4.69) is 5.32 Å². The van der Waals surface area contributed by atoms with Crippen LogP contribution in [-0.2, 0) is 11.3 Å². The summed E-state index contributed by atoms with van der Waals surface area (Å²) in [7, 11) is 0. The molecule has 0 atom stereocenters. The van der Waals surface area contributed by atoms with Gasteiger partial charge in [-0.25, -0.2) is 0 Å². The Bertz CT molecular complexity index is 1300. The molecule has 2 aromatic heterocycles. The van der Waals surface area contributed by atoms with E-state index in [4.69, 9.17) is 5.11 Å². The molecule has 160 valence electrons. The van der Waals surface area contributed by atoms with E-state index in [9.17, 15) is 14.4 Å². The van der Waals surface area contributed by atoms with E-state index in [0.29, 0.717) is 22.7 Å². The first kappa shape index (κ1) is 21.3. The molecule has 0 aliphatic rings. The number of thiophene rings is 1. The van der Waals surface area contributed by atoms with Crippen molar-refractivity contribution in [1.29, 1.82) is 0 Å². The highest BCUT2D eigenvalue weighted by Gasteiger charge is 2.15. The van der Waals surface area contributed by atoms with E-state index in [1.54, 1.807) is 18.2 Å². The van der Waals surface area contributed by atoms with Crippen LogP contribution in [0.4, 0.5) is 0 Å². The number of aliphatic carboxylic acids is 1. The second-order valence-corrected chi connectivity index (χ2v) is 8.21. The molecule has 0 saturated carbocycles. The van der Waals surface area contributed by atoms with Gasteiger partial charge in [0.15, 0.2) is 0 Å². The predicted molar refractivity (Wildman–Crippen MR) is 125 cm³/mol.